The fourth-order valence-electron chi connectivity index (χ4n) is 1.79. The van der Waals surface area contributed by atoms with Crippen LogP contribution in [-0.2, 0) is 15.3 Å². The number of aliphatic carboxylic acids is 1. The Balaban J connectivity index is 1.57. The molecule has 0 spiro atoms. The number of nitrogens with zero attached hydrogens (tertiary/aromatic N) is 1. The van der Waals surface area contributed by atoms with Gasteiger partial charge in [-0.05, 0) is 19.8 Å². The van der Waals surface area contributed by atoms with Gasteiger partial charge in [0.2, 0.25) is 5.91 Å². The molecule has 1 aromatic rings. The van der Waals surface area contributed by atoms with Crippen molar-refractivity contribution in [2.45, 2.75) is 31.9 Å². The molecule has 1 fully saturated rings. The molecule has 2 N–H and O–H groups in total. The Morgan fingerprint density at radius 3 is 2.85 bits per heavy atom. The second kappa shape index (κ2) is 6.58. The van der Waals surface area contributed by atoms with E-state index in [0.29, 0.717) is 19.3 Å². The number of thioether (sulfide) groups is 1. The molecule has 0 saturated heterocycles. The zero-order valence-electron chi connectivity index (χ0n) is 11.3. The number of nitrogens with one attached hydrogen (secondary N) is 1. The third kappa shape index (κ3) is 4.21. The highest BCUT2D eigenvalue weighted by atomic mass is 32.2. The van der Waals surface area contributed by atoms with Crippen LogP contribution in [0.5, 0.6) is 0 Å². The quantitative estimate of drug-likeness (QED) is 0.718. The number of hydrogen-bond acceptors (Lipinski definition) is 5. The van der Waals surface area contributed by atoms with Gasteiger partial charge in [0.15, 0.2) is 0 Å². The predicted octanol–water partition coefficient (Wildman–Crippen LogP) is 2.06. The van der Waals surface area contributed by atoms with Crippen molar-refractivity contribution in [3.05, 3.63) is 16.1 Å². The number of thiazole rings is 1. The summed E-state index contributed by atoms with van der Waals surface area (Å²) < 4.78 is 0. The summed E-state index contributed by atoms with van der Waals surface area (Å²) in [7, 11) is 0. The minimum atomic E-state index is -0.800. The molecule has 7 heteroatoms. The van der Waals surface area contributed by atoms with Crippen LogP contribution in [0.4, 0.5) is 0 Å². The van der Waals surface area contributed by atoms with Crippen molar-refractivity contribution in [2.75, 3.05) is 12.3 Å². The Labute approximate surface area is 126 Å². The van der Waals surface area contributed by atoms with Crippen LogP contribution in [-0.4, -0.2) is 34.3 Å². The number of amides is 1. The van der Waals surface area contributed by atoms with E-state index in [2.05, 4.69) is 10.3 Å². The highest BCUT2D eigenvalue weighted by Gasteiger charge is 2.50. The van der Waals surface area contributed by atoms with E-state index >= 15 is 0 Å². The Bertz CT molecular complexity index is 498. The number of carboxylic acids is 1. The SMILES string of the molecule is Cc1nc(CSCCC(=O)NCC2(C(=O)O)CC2)cs1. The lowest BCUT2D eigenvalue weighted by Gasteiger charge is -2.10. The summed E-state index contributed by atoms with van der Waals surface area (Å²) >= 11 is 3.30. The number of carbonyl (C=O) groups is 2. The Morgan fingerprint density at radius 2 is 2.30 bits per heavy atom. The molecule has 0 bridgehead atoms. The molecule has 5 nitrogen and oxygen atoms in total. The smallest absolute Gasteiger partial charge is 0.311 e. The topological polar surface area (TPSA) is 79.3 Å². The van der Waals surface area contributed by atoms with Crippen molar-refractivity contribution in [1.29, 1.82) is 0 Å². The van der Waals surface area contributed by atoms with Crippen LogP contribution < -0.4 is 5.32 Å². The van der Waals surface area contributed by atoms with Crippen LogP contribution in [0.15, 0.2) is 5.38 Å². The molecule has 0 radical (unpaired) electrons. The molecule has 0 aliphatic heterocycles. The number of aryl methyl sites for hydroxylation is 1. The van der Waals surface area contributed by atoms with Gasteiger partial charge in [-0.25, -0.2) is 4.98 Å². The fraction of sp³-hybridized carbons (Fsp3) is 0.615. The highest BCUT2D eigenvalue weighted by Crippen LogP contribution is 2.45. The summed E-state index contributed by atoms with van der Waals surface area (Å²) in [5.74, 6) is 0.671. The molecule has 1 aromatic heterocycles. The molecule has 110 valence electrons. The predicted molar refractivity (Wildman–Crippen MR) is 79.9 cm³/mol. The summed E-state index contributed by atoms with van der Waals surface area (Å²) in [6.45, 7) is 2.24. The molecule has 0 unspecified atom stereocenters. The van der Waals surface area contributed by atoms with Crippen LogP contribution in [0.25, 0.3) is 0 Å². The van der Waals surface area contributed by atoms with Crippen LogP contribution in [0.3, 0.4) is 0 Å². The molecule has 2 rings (SSSR count). The van der Waals surface area contributed by atoms with Crippen LogP contribution in [0.2, 0.25) is 0 Å². The van der Waals surface area contributed by atoms with E-state index in [1.54, 1.807) is 23.1 Å². The molecule has 1 amide bonds. The summed E-state index contributed by atoms with van der Waals surface area (Å²) in [4.78, 5) is 26.9. The monoisotopic (exact) mass is 314 g/mol. The van der Waals surface area contributed by atoms with Gasteiger partial charge in [-0.1, -0.05) is 0 Å². The maximum Gasteiger partial charge on any atom is 0.311 e. The second-order valence-electron chi connectivity index (χ2n) is 5.02. The van der Waals surface area contributed by atoms with Crippen molar-refractivity contribution in [3.8, 4) is 0 Å². The lowest BCUT2D eigenvalue weighted by atomic mass is 10.1. The molecule has 1 saturated carbocycles. The zero-order chi connectivity index (χ0) is 14.6. The van der Waals surface area contributed by atoms with Gasteiger partial charge in [0.05, 0.1) is 16.1 Å². The second-order valence-corrected chi connectivity index (χ2v) is 7.19. The zero-order valence-corrected chi connectivity index (χ0v) is 13.0. The van der Waals surface area contributed by atoms with E-state index in [9.17, 15) is 9.59 Å². The van der Waals surface area contributed by atoms with E-state index in [4.69, 9.17) is 5.11 Å². The van der Waals surface area contributed by atoms with Gasteiger partial charge in [0.25, 0.3) is 0 Å². The van der Waals surface area contributed by atoms with Crippen molar-refractivity contribution >= 4 is 35.0 Å². The van der Waals surface area contributed by atoms with Crippen LogP contribution in [0.1, 0.15) is 30.0 Å². The summed E-state index contributed by atoms with van der Waals surface area (Å²) in [5, 5.41) is 14.8. The number of carbonyl (C=O) groups excluding carboxylic acids is 1. The van der Waals surface area contributed by atoms with Crippen molar-refractivity contribution in [2.24, 2.45) is 5.41 Å². The molecular formula is C13H18N2O3S2. The third-order valence-corrected chi connectivity index (χ3v) is 5.14. The van der Waals surface area contributed by atoms with Gasteiger partial charge in [-0.3, -0.25) is 9.59 Å². The first-order valence-electron chi connectivity index (χ1n) is 6.51. The van der Waals surface area contributed by atoms with Gasteiger partial charge in [0.1, 0.15) is 0 Å². The number of aromatic nitrogens is 1. The van der Waals surface area contributed by atoms with Gasteiger partial charge in [-0.2, -0.15) is 11.8 Å². The fourth-order valence-corrected chi connectivity index (χ4v) is 3.34. The minimum absolute atomic E-state index is 0.0699. The van der Waals surface area contributed by atoms with Gasteiger partial charge in [-0.15, -0.1) is 11.3 Å². The molecule has 1 aliphatic rings. The molecule has 1 aliphatic carbocycles. The normalized spacial score (nSPS) is 15.8. The largest absolute Gasteiger partial charge is 0.481 e. The Hall–Kier alpha value is -1.08. The average Bonchev–Trinajstić information content (AvgIpc) is 3.10. The minimum Gasteiger partial charge on any atom is -0.481 e. The number of carboxylic acid groups (broad SMARTS) is 1. The van der Waals surface area contributed by atoms with Crippen molar-refractivity contribution in [3.63, 3.8) is 0 Å². The highest BCUT2D eigenvalue weighted by molar-refractivity contribution is 7.98. The molecular weight excluding hydrogens is 296 g/mol. The van der Waals surface area contributed by atoms with Crippen molar-refractivity contribution in [1.82, 2.24) is 10.3 Å². The molecule has 20 heavy (non-hydrogen) atoms. The van der Waals surface area contributed by atoms with E-state index in [0.717, 1.165) is 22.2 Å². The third-order valence-electron chi connectivity index (χ3n) is 3.32. The van der Waals surface area contributed by atoms with E-state index < -0.39 is 11.4 Å². The van der Waals surface area contributed by atoms with E-state index in [1.807, 2.05) is 12.3 Å². The first-order valence-corrected chi connectivity index (χ1v) is 8.54. The molecule has 1 heterocycles. The molecule has 0 atom stereocenters. The standard InChI is InChI=1S/C13H18N2O3S2/c1-9-15-10(7-20-9)6-19-5-2-11(16)14-8-13(3-4-13)12(17)18/h7H,2-6,8H2,1H3,(H,14,16)(H,17,18). The maximum atomic E-state index is 11.6. The van der Waals surface area contributed by atoms with E-state index in [1.165, 1.54) is 0 Å². The van der Waals surface area contributed by atoms with Crippen LogP contribution >= 0.6 is 23.1 Å². The van der Waals surface area contributed by atoms with Gasteiger partial charge >= 0.3 is 5.97 Å². The Morgan fingerprint density at radius 1 is 1.55 bits per heavy atom. The molecule has 0 aromatic carbocycles. The lowest BCUT2D eigenvalue weighted by Crippen LogP contribution is -2.34. The van der Waals surface area contributed by atoms with Crippen molar-refractivity contribution < 1.29 is 14.7 Å². The summed E-state index contributed by atoms with van der Waals surface area (Å²) in [5.41, 5.74) is 0.377. The number of hydrogen-bond donors (Lipinski definition) is 2. The Kier molecular flexibility index (Phi) is 5.04. The summed E-state index contributed by atoms with van der Waals surface area (Å²) in [6, 6.07) is 0. The lowest BCUT2D eigenvalue weighted by molar-refractivity contribution is -0.143. The number of rotatable bonds is 8. The van der Waals surface area contributed by atoms with E-state index in [-0.39, 0.29) is 12.5 Å². The first kappa shape index (κ1) is 15.3. The first-order chi connectivity index (χ1) is 9.52. The summed E-state index contributed by atoms with van der Waals surface area (Å²) in [6.07, 6.45) is 1.75. The van der Waals surface area contributed by atoms with Gasteiger partial charge in [0, 0.05) is 29.9 Å². The van der Waals surface area contributed by atoms with Gasteiger partial charge < -0.3 is 10.4 Å². The maximum absolute atomic E-state index is 11.6. The average molecular weight is 314 g/mol. The van der Waals surface area contributed by atoms with Crippen LogP contribution in [0, 0.1) is 12.3 Å².